The van der Waals surface area contributed by atoms with Crippen molar-refractivity contribution >= 4 is 21.7 Å². The Hall–Kier alpha value is -1.11. The van der Waals surface area contributed by atoms with Crippen LogP contribution in [0.2, 0.25) is 0 Å². The number of carbonyl (C=O) groups excluding carboxylic acids is 2. The molecule has 1 atom stereocenters. The molecule has 0 radical (unpaired) electrons. The van der Waals surface area contributed by atoms with Crippen LogP contribution in [-0.4, -0.2) is 45.5 Å². The van der Waals surface area contributed by atoms with Crippen LogP contribution in [0.25, 0.3) is 0 Å². The molecule has 1 N–H and O–H groups in total. The maximum atomic E-state index is 12.1. The molecular weight excluding hydrogens is 282 g/mol. The van der Waals surface area contributed by atoms with E-state index < -0.39 is 33.0 Å². The van der Waals surface area contributed by atoms with Crippen LogP contribution in [0.3, 0.4) is 0 Å². The summed E-state index contributed by atoms with van der Waals surface area (Å²) in [6, 6.07) is 0. The molecule has 0 aliphatic carbocycles. The van der Waals surface area contributed by atoms with E-state index in [1.165, 1.54) is 0 Å². The molecule has 0 aromatic carbocycles. The second-order valence-electron chi connectivity index (χ2n) is 5.83. The van der Waals surface area contributed by atoms with E-state index in [0.29, 0.717) is 6.42 Å². The van der Waals surface area contributed by atoms with Crippen molar-refractivity contribution in [3.05, 3.63) is 0 Å². The largest absolute Gasteiger partial charge is 0.465 e. The van der Waals surface area contributed by atoms with Crippen molar-refractivity contribution in [2.24, 2.45) is 11.3 Å². The molecule has 0 saturated heterocycles. The fraction of sp³-hybridized carbons (Fsp3) is 0.846. The summed E-state index contributed by atoms with van der Waals surface area (Å²) in [4.78, 5) is 23.9. The third-order valence-corrected chi connectivity index (χ3v) is 3.67. The van der Waals surface area contributed by atoms with Gasteiger partial charge in [0.15, 0.2) is 0 Å². The van der Waals surface area contributed by atoms with Crippen LogP contribution in [0.4, 0.5) is 0 Å². The lowest BCUT2D eigenvalue weighted by molar-refractivity contribution is -0.156. The highest BCUT2D eigenvalue weighted by atomic mass is 32.2. The maximum Gasteiger partial charge on any atom is 0.319 e. The Morgan fingerprint density at radius 3 is 2.20 bits per heavy atom. The average molecular weight is 307 g/mol. The van der Waals surface area contributed by atoms with Gasteiger partial charge in [-0.15, -0.1) is 0 Å². The molecular formula is C13H25NO5S. The molecule has 0 fully saturated rings. The van der Waals surface area contributed by atoms with Crippen molar-refractivity contribution in [3.63, 3.8) is 0 Å². The number of sulfone groups is 1. The van der Waals surface area contributed by atoms with E-state index in [2.05, 4.69) is 5.32 Å². The van der Waals surface area contributed by atoms with Crippen molar-refractivity contribution < 1.29 is 22.7 Å². The number of nitrogens with one attached hydrogen (secondary N) is 1. The highest BCUT2D eigenvalue weighted by Crippen LogP contribution is 2.27. The predicted molar refractivity (Wildman–Crippen MR) is 76.9 cm³/mol. The van der Waals surface area contributed by atoms with Crippen LogP contribution in [0.15, 0.2) is 0 Å². The van der Waals surface area contributed by atoms with Gasteiger partial charge in [-0.05, 0) is 18.8 Å². The molecule has 118 valence electrons. The molecule has 0 aliphatic rings. The van der Waals surface area contributed by atoms with E-state index in [0.717, 1.165) is 6.26 Å². The minimum absolute atomic E-state index is 0.00682. The Kier molecular flexibility index (Phi) is 7.19. The Morgan fingerprint density at radius 1 is 1.25 bits per heavy atom. The summed E-state index contributed by atoms with van der Waals surface area (Å²) in [6.07, 6.45) is 1.47. The third kappa shape index (κ3) is 7.47. The molecule has 20 heavy (non-hydrogen) atoms. The second-order valence-corrected chi connectivity index (χ2v) is 8.09. The normalized spacial score (nSPS) is 13.7. The zero-order valence-electron chi connectivity index (χ0n) is 12.9. The van der Waals surface area contributed by atoms with Crippen LogP contribution < -0.4 is 5.32 Å². The van der Waals surface area contributed by atoms with Gasteiger partial charge in [0, 0.05) is 12.8 Å². The first-order valence-electron chi connectivity index (χ1n) is 6.61. The number of esters is 1. The third-order valence-electron chi connectivity index (χ3n) is 2.64. The van der Waals surface area contributed by atoms with Crippen LogP contribution >= 0.6 is 0 Å². The quantitative estimate of drug-likeness (QED) is 0.426. The van der Waals surface area contributed by atoms with Crippen LogP contribution in [0.5, 0.6) is 0 Å². The molecule has 0 aromatic heterocycles. The first kappa shape index (κ1) is 18.9. The van der Waals surface area contributed by atoms with Gasteiger partial charge < -0.3 is 10.1 Å². The summed E-state index contributed by atoms with van der Waals surface area (Å²) in [5.74, 6) is -1.88. The van der Waals surface area contributed by atoms with E-state index in [9.17, 15) is 18.0 Å². The van der Waals surface area contributed by atoms with Crippen molar-refractivity contribution in [3.8, 4) is 0 Å². The monoisotopic (exact) mass is 307 g/mol. The summed E-state index contributed by atoms with van der Waals surface area (Å²) in [7, 11) is -3.04. The highest BCUT2D eigenvalue weighted by molar-refractivity contribution is 7.90. The van der Waals surface area contributed by atoms with E-state index >= 15 is 0 Å². The molecule has 1 amide bonds. The number of amides is 1. The van der Waals surface area contributed by atoms with Gasteiger partial charge in [-0.25, -0.2) is 8.42 Å². The predicted octanol–water partition coefficient (Wildman–Crippen LogP) is 0.763. The van der Waals surface area contributed by atoms with Crippen molar-refractivity contribution in [2.45, 2.75) is 34.1 Å². The Balaban J connectivity index is 4.55. The molecule has 0 aromatic rings. The standard InChI is InChI=1S/C13H25NO5S/c1-6-19-12(16)10(13(2,3)4)11(15)14-8-7-9-20(5,17)18/h10H,6-9H2,1-5H3,(H,14,15). The SMILES string of the molecule is CCOC(=O)C(C(=O)NCCCS(C)(=O)=O)C(C)(C)C. The zero-order valence-corrected chi connectivity index (χ0v) is 13.7. The molecule has 0 saturated carbocycles. The van der Waals surface area contributed by atoms with Gasteiger partial charge in [0.2, 0.25) is 5.91 Å². The summed E-state index contributed by atoms with van der Waals surface area (Å²) in [5.41, 5.74) is -0.562. The van der Waals surface area contributed by atoms with Gasteiger partial charge in [-0.2, -0.15) is 0 Å². The molecule has 1 unspecified atom stereocenters. The average Bonchev–Trinajstić information content (AvgIpc) is 2.21. The van der Waals surface area contributed by atoms with Gasteiger partial charge >= 0.3 is 5.97 Å². The van der Waals surface area contributed by atoms with Gasteiger partial charge in [0.1, 0.15) is 15.8 Å². The Labute approximate surface area is 121 Å². The molecule has 0 aliphatic heterocycles. The van der Waals surface area contributed by atoms with E-state index in [1.807, 2.05) is 0 Å². The van der Waals surface area contributed by atoms with E-state index in [4.69, 9.17) is 4.74 Å². The van der Waals surface area contributed by atoms with Crippen LogP contribution in [0, 0.1) is 11.3 Å². The first-order valence-corrected chi connectivity index (χ1v) is 8.67. The topological polar surface area (TPSA) is 89.5 Å². The molecule has 7 heteroatoms. The Morgan fingerprint density at radius 2 is 1.80 bits per heavy atom. The summed E-state index contributed by atoms with van der Waals surface area (Å²) >= 11 is 0. The smallest absolute Gasteiger partial charge is 0.319 e. The van der Waals surface area contributed by atoms with Crippen molar-refractivity contribution in [1.29, 1.82) is 0 Å². The molecule has 0 bridgehead atoms. The lowest BCUT2D eigenvalue weighted by atomic mass is 9.80. The van der Waals surface area contributed by atoms with Gasteiger partial charge in [0.25, 0.3) is 0 Å². The number of hydrogen-bond donors (Lipinski definition) is 1. The van der Waals surface area contributed by atoms with Crippen molar-refractivity contribution in [2.75, 3.05) is 25.2 Å². The fourth-order valence-corrected chi connectivity index (χ4v) is 2.40. The minimum atomic E-state index is -3.04. The van der Waals surface area contributed by atoms with Crippen LogP contribution in [-0.2, 0) is 24.2 Å². The van der Waals surface area contributed by atoms with Gasteiger partial charge in [0.05, 0.1) is 12.4 Å². The zero-order chi connectivity index (χ0) is 16.0. The van der Waals surface area contributed by atoms with Gasteiger partial charge in [-0.1, -0.05) is 20.8 Å². The van der Waals surface area contributed by atoms with Crippen molar-refractivity contribution in [1.82, 2.24) is 5.32 Å². The van der Waals surface area contributed by atoms with E-state index in [-0.39, 0.29) is 18.9 Å². The molecule has 6 nitrogen and oxygen atoms in total. The highest BCUT2D eigenvalue weighted by Gasteiger charge is 2.38. The second kappa shape index (κ2) is 7.61. The number of rotatable bonds is 7. The molecule has 0 heterocycles. The summed E-state index contributed by atoms with van der Waals surface area (Å²) in [5, 5.41) is 2.60. The lowest BCUT2D eigenvalue weighted by Crippen LogP contribution is -2.44. The minimum Gasteiger partial charge on any atom is -0.465 e. The fourth-order valence-electron chi connectivity index (χ4n) is 1.73. The van der Waals surface area contributed by atoms with E-state index in [1.54, 1.807) is 27.7 Å². The summed E-state index contributed by atoms with van der Waals surface area (Å²) < 4.78 is 26.9. The number of ether oxygens (including phenoxy) is 1. The van der Waals surface area contributed by atoms with Gasteiger partial charge in [-0.3, -0.25) is 9.59 Å². The number of hydrogen-bond acceptors (Lipinski definition) is 5. The maximum absolute atomic E-state index is 12.1. The Bertz CT molecular complexity index is 436. The lowest BCUT2D eigenvalue weighted by Gasteiger charge is -2.27. The molecule has 0 spiro atoms. The van der Waals surface area contributed by atoms with Crippen LogP contribution in [0.1, 0.15) is 34.1 Å². The first-order chi connectivity index (χ1) is 8.99. The number of carbonyl (C=O) groups is 2. The molecule has 0 rings (SSSR count). The summed E-state index contributed by atoms with van der Waals surface area (Å²) in [6.45, 7) is 7.46.